The number of rotatable bonds is 5. The van der Waals surface area contributed by atoms with Gasteiger partial charge < -0.3 is 14.8 Å². The molecule has 2 atom stereocenters. The summed E-state index contributed by atoms with van der Waals surface area (Å²) >= 11 is 6.04. The maximum absolute atomic E-state index is 6.04. The van der Waals surface area contributed by atoms with E-state index in [1.54, 1.807) is 7.11 Å². The van der Waals surface area contributed by atoms with Crippen LogP contribution in [0.3, 0.4) is 0 Å². The van der Waals surface area contributed by atoms with Crippen molar-refractivity contribution in [3.8, 4) is 5.75 Å². The van der Waals surface area contributed by atoms with Crippen molar-refractivity contribution in [2.75, 3.05) is 20.8 Å². The third-order valence-corrected chi connectivity index (χ3v) is 3.76. The maximum atomic E-state index is 6.04. The second-order valence-corrected chi connectivity index (χ2v) is 5.01. The molecule has 0 saturated carbocycles. The second-order valence-electron chi connectivity index (χ2n) is 4.61. The normalized spacial score (nSPS) is 20.9. The molecule has 100 valence electrons. The van der Waals surface area contributed by atoms with Gasteiger partial charge in [0.25, 0.3) is 0 Å². The van der Waals surface area contributed by atoms with Crippen LogP contribution in [0.15, 0.2) is 18.2 Å². The molecule has 0 amide bonds. The van der Waals surface area contributed by atoms with Gasteiger partial charge in [-0.1, -0.05) is 17.7 Å². The molecule has 0 aromatic heterocycles. The number of nitrogens with one attached hydrogen (secondary N) is 1. The lowest BCUT2D eigenvalue weighted by Gasteiger charge is -2.21. The van der Waals surface area contributed by atoms with Crippen LogP contribution in [0.2, 0.25) is 5.02 Å². The van der Waals surface area contributed by atoms with Crippen molar-refractivity contribution < 1.29 is 9.47 Å². The summed E-state index contributed by atoms with van der Waals surface area (Å²) in [6.07, 6.45) is 3.68. The van der Waals surface area contributed by atoms with Gasteiger partial charge in [0.15, 0.2) is 0 Å². The van der Waals surface area contributed by atoms with Crippen LogP contribution in [0, 0.1) is 0 Å². The Kier molecular flexibility index (Phi) is 4.87. The average Bonchev–Trinajstić information content (AvgIpc) is 2.89. The van der Waals surface area contributed by atoms with Crippen molar-refractivity contribution >= 4 is 11.6 Å². The van der Waals surface area contributed by atoms with Gasteiger partial charge in [-0.05, 0) is 44.0 Å². The van der Waals surface area contributed by atoms with Gasteiger partial charge in [-0.15, -0.1) is 0 Å². The van der Waals surface area contributed by atoms with Crippen molar-refractivity contribution in [3.05, 3.63) is 28.8 Å². The van der Waals surface area contributed by atoms with Gasteiger partial charge in [0, 0.05) is 12.6 Å². The molecule has 0 aliphatic carbocycles. The first-order valence-corrected chi connectivity index (χ1v) is 6.74. The molecule has 1 aliphatic rings. The van der Waals surface area contributed by atoms with Gasteiger partial charge in [-0.3, -0.25) is 0 Å². The summed E-state index contributed by atoms with van der Waals surface area (Å²) in [6, 6.07) is 6.20. The van der Waals surface area contributed by atoms with Crippen LogP contribution in [-0.4, -0.2) is 26.9 Å². The van der Waals surface area contributed by atoms with E-state index < -0.39 is 0 Å². The molecule has 0 radical (unpaired) electrons. The lowest BCUT2D eigenvalue weighted by atomic mass is 9.99. The minimum atomic E-state index is 0.277. The molecule has 1 fully saturated rings. The van der Waals surface area contributed by atoms with E-state index in [1.807, 2.05) is 25.2 Å². The lowest BCUT2D eigenvalue weighted by molar-refractivity contribution is 0.0954. The maximum Gasteiger partial charge on any atom is 0.137 e. The summed E-state index contributed by atoms with van der Waals surface area (Å²) in [7, 11) is 3.61. The molecule has 0 bridgehead atoms. The van der Waals surface area contributed by atoms with Crippen molar-refractivity contribution in [1.82, 2.24) is 5.32 Å². The second kappa shape index (κ2) is 6.41. The van der Waals surface area contributed by atoms with Crippen molar-refractivity contribution in [1.29, 1.82) is 0 Å². The van der Waals surface area contributed by atoms with Gasteiger partial charge in [0.05, 0.1) is 18.2 Å². The van der Waals surface area contributed by atoms with Gasteiger partial charge in [-0.25, -0.2) is 0 Å². The van der Waals surface area contributed by atoms with Crippen LogP contribution in [-0.2, 0) is 4.74 Å². The highest BCUT2D eigenvalue weighted by Gasteiger charge is 2.21. The van der Waals surface area contributed by atoms with E-state index in [9.17, 15) is 0 Å². The highest BCUT2D eigenvalue weighted by Crippen LogP contribution is 2.31. The van der Waals surface area contributed by atoms with E-state index in [1.165, 1.54) is 12.0 Å². The first kappa shape index (κ1) is 13.7. The van der Waals surface area contributed by atoms with Crippen LogP contribution >= 0.6 is 11.6 Å². The fraction of sp³-hybridized carbons (Fsp3) is 0.571. The van der Waals surface area contributed by atoms with Gasteiger partial charge in [-0.2, -0.15) is 0 Å². The summed E-state index contributed by atoms with van der Waals surface area (Å²) in [6.45, 7) is 0.894. The Morgan fingerprint density at radius 1 is 1.56 bits per heavy atom. The Morgan fingerprint density at radius 3 is 3.00 bits per heavy atom. The zero-order valence-electron chi connectivity index (χ0n) is 10.9. The smallest absolute Gasteiger partial charge is 0.137 e. The van der Waals surface area contributed by atoms with Gasteiger partial charge in [0.2, 0.25) is 0 Å². The molecular formula is C14H20ClNO2. The van der Waals surface area contributed by atoms with Crippen LogP contribution < -0.4 is 10.1 Å². The van der Waals surface area contributed by atoms with Crippen molar-refractivity contribution in [2.24, 2.45) is 0 Å². The molecule has 18 heavy (non-hydrogen) atoms. The number of hydrogen-bond donors (Lipinski definition) is 1. The molecule has 1 N–H and O–H groups in total. The average molecular weight is 270 g/mol. The molecule has 3 nitrogen and oxygen atoms in total. The van der Waals surface area contributed by atoms with Crippen LogP contribution in [0.5, 0.6) is 5.75 Å². The molecule has 1 aromatic rings. The standard InChI is InChI=1S/C14H20ClNO2/c1-16-13(9-11-4-3-7-18-11)10-5-6-12(15)14(8-10)17-2/h5-6,8,11,13,16H,3-4,7,9H2,1-2H3. The fourth-order valence-electron chi connectivity index (χ4n) is 2.41. The monoisotopic (exact) mass is 269 g/mol. The molecule has 1 aromatic carbocycles. The van der Waals surface area contributed by atoms with Crippen LogP contribution in [0.4, 0.5) is 0 Å². The summed E-state index contributed by atoms with van der Waals surface area (Å²) in [5, 5.41) is 3.98. The van der Waals surface area contributed by atoms with Gasteiger partial charge >= 0.3 is 0 Å². The zero-order chi connectivity index (χ0) is 13.0. The minimum absolute atomic E-state index is 0.277. The van der Waals surface area contributed by atoms with Crippen LogP contribution in [0.25, 0.3) is 0 Å². The number of ether oxygens (including phenoxy) is 2. The summed E-state index contributed by atoms with van der Waals surface area (Å²) in [4.78, 5) is 0. The highest BCUT2D eigenvalue weighted by molar-refractivity contribution is 6.32. The molecule has 0 spiro atoms. The molecular weight excluding hydrogens is 250 g/mol. The summed E-state index contributed by atoms with van der Waals surface area (Å²) in [5.74, 6) is 0.724. The van der Waals surface area contributed by atoms with E-state index in [-0.39, 0.29) is 6.04 Å². The van der Waals surface area contributed by atoms with Crippen LogP contribution in [0.1, 0.15) is 30.9 Å². The predicted octanol–water partition coefficient (Wildman–Crippen LogP) is 3.18. The third kappa shape index (κ3) is 3.16. The minimum Gasteiger partial charge on any atom is -0.495 e. The largest absolute Gasteiger partial charge is 0.495 e. The quantitative estimate of drug-likeness (QED) is 0.891. The van der Waals surface area contributed by atoms with E-state index >= 15 is 0 Å². The Bertz CT molecular complexity index is 391. The molecule has 2 rings (SSSR count). The predicted molar refractivity (Wildman–Crippen MR) is 73.4 cm³/mol. The Labute approximate surface area is 113 Å². The number of hydrogen-bond acceptors (Lipinski definition) is 3. The Hall–Kier alpha value is -0.770. The summed E-state index contributed by atoms with van der Waals surface area (Å²) in [5.41, 5.74) is 1.19. The van der Waals surface area contributed by atoms with Crippen molar-refractivity contribution in [3.63, 3.8) is 0 Å². The first-order chi connectivity index (χ1) is 8.74. The molecule has 1 aliphatic heterocycles. The van der Waals surface area contributed by atoms with Gasteiger partial charge in [0.1, 0.15) is 5.75 Å². The first-order valence-electron chi connectivity index (χ1n) is 6.37. The topological polar surface area (TPSA) is 30.5 Å². The van der Waals surface area contributed by atoms with E-state index in [2.05, 4.69) is 5.32 Å². The Balaban J connectivity index is 2.10. The van der Waals surface area contributed by atoms with E-state index in [0.29, 0.717) is 11.1 Å². The molecule has 4 heteroatoms. The van der Waals surface area contributed by atoms with Crippen molar-refractivity contribution in [2.45, 2.75) is 31.4 Å². The molecule has 1 saturated heterocycles. The highest BCUT2D eigenvalue weighted by atomic mass is 35.5. The Morgan fingerprint density at radius 2 is 2.39 bits per heavy atom. The number of benzene rings is 1. The number of halogens is 1. The SMILES string of the molecule is CNC(CC1CCCO1)c1ccc(Cl)c(OC)c1. The molecule has 2 unspecified atom stereocenters. The zero-order valence-corrected chi connectivity index (χ0v) is 11.7. The third-order valence-electron chi connectivity index (χ3n) is 3.45. The fourth-order valence-corrected chi connectivity index (χ4v) is 2.60. The lowest BCUT2D eigenvalue weighted by Crippen LogP contribution is -2.22. The van der Waals surface area contributed by atoms with E-state index in [4.69, 9.17) is 21.1 Å². The number of methoxy groups -OCH3 is 1. The molecule has 1 heterocycles. The summed E-state index contributed by atoms with van der Waals surface area (Å²) < 4.78 is 10.9. The van der Waals surface area contributed by atoms with E-state index in [0.717, 1.165) is 25.2 Å².